The van der Waals surface area contributed by atoms with E-state index in [2.05, 4.69) is 26.1 Å². The fourth-order valence-corrected chi connectivity index (χ4v) is 2.88. The minimum absolute atomic E-state index is 0.00932. The number of carbonyl (C=O) groups is 2. The van der Waals surface area contributed by atoms with Gasteiger partial charge in [0.25, 0.3) is 17.4 Å². The van der Waals surface area contributed by atoms with Gasteiger partial charge < -0.3 is 0 Å². The molecule has 2 aromatic carbocycles. The van der Waals surface area contributed by atoms with Crippen LogP contribution in [0.15, 0.2) is 71.8 Å². The van der Waals surface area contributed by atoms with Crippen molar-refractivity contribution in [3.05, 3.63) is 94.2 Å². The van der Waals surface area contributed by atoms with Gasteiger partial charge >= 0.3 is 0 Å². The van der Waals surface area contributed by atoms with E-state index in [-0.39, 0.29) is 5.69 Å². The number of amides is 2. The fourth-order valence-electron chi connectivity index (χ4n) is 2.88. The molecule has 0 saturated heterocycles. The topological polar surface area (TPSA) is 122 Å². The lowest BCUT2D eigenvalue weighted by molar-refractivity contribution is 0.0844. The van der Waals surface area contributed by atoms with E-state index in [0.717, 1.165) is 5.56 Å². The van der Waals surface area contributed by atoms with Crippen molar-refractivity contribution >= 4 is 22.6 Å². The predicted octanol–water partition coefficient (Wildman–Crippen LogP) is 1.24. The summed E-state index contributed by atoms with van der Waals surface area (Å²) < 4.78 is 1.77. The summed E-state index contributed by atoms with van der Waals surface area (Å²) in [6, 6.07) is 15.4. The van der Waals surface area contributed by atoms with Gasteiger partial charge in [0.05, 0.1) is 11.9 Å². The van der Waals surface area contributed by atoms with Crippen LogP contribution in [0.5, 0.6) is 0 Å². The summed E-state index contributed by atoms with van der Waals surface area (Å²) in [5.74, 6) is -1.11. The first-order valence-corrected chi connectivity index (χ1v) is 8.76. The molecule has 9 nitrogen and oxygen atoms in total. The number of carbonyl (C=O) groups excluding carboxylic acids is 2. The Bertz CT molecular complexity index is 1230. The van der Waals surface area contributed by atoms with E-state index in [4.69, 9.17) is 0 Å². The molecule has 29 heavy (non-hydrogen) atoms. The molecule has 0 fully saturated rings. The lowest BCUT2D eigenvalue weighted by atomic mass is 10.1. The maximum Gasteiger partial charge on any atom is 0.290 e. The largest absolute Gasteiger partial charge is 0.290 e. The van der Waals surface area contributed by atoms with E-state index >= 15 is 0 Å². The minimum Gasteiger partial charge on any atom is -0.268 e. The fraction of sp³-hybridized carbons (Fsp3) is 0.0500. The highest BCUT2D eigenvalue weighted by molar-refractivity contribution is 6.05. The monoisotopic (exact) mass is 388 g/mol. The van der Waals surface area contributed by atoms with Gasteiger partial charge in [-0.3, -0.25) is 29.9 Å². The van der Waals surface area contributed by atoms with E-state index in [1.54, 1.807) is 47.3 Å². The third-order valence-corrected chi connectivity index (χ3v) is 4.32. The standard InChI is InChI=1S/C20H16N6O3/c27-18(14-8-6-13(7-9-14)12-26-11-3-10-21-26)23-25-20(29)17-15-4-1-2-5-16(15)19(28)24-22-17/h1-11H,12H2,(H,23,27)(H,24,28)(H,25,29). The SMILES string of the molecule is O=C(NNC(=O)c1n[nH]c(=O)c2ccccc12)c1ccc(Cn2cccn2)cc1. The van der Waals surface area contributed by atoms with E-state index in [1.165, 1.54) is 0 Å². The summed E-state index contributed by atoms with van der Waals surface area (Å²) in [5, 5.41) is 10.9. The van der Waals surface area contributed by atoms with Crippen LogP contribution in [0.4, 0.5) is 0 Å². The molecule has 3 N–H and O–H groups in total. The molecule has 0 unspecified atom stereocenters. The van der Waals surface area contributed by atoms with Crippen molar-refractivity contribution in [2.75, 3.05) is 0 Å². The van der Waals surface area contributed by atoms with Crippen LogP contribution in [0, 0.1) is 0 Å². The number of fused-ring (bicyclic) bond motifs is 1. The van der Waals surface area contributed by atoms with Gasteiger partial charge in [0.2, 0.25) is 0 Å². The van der Waals surface area contributed by atoms with Gasteiger partial charge in [0.1, 0.15) is 0 Å². The van der Waals surface area contributed by atoms with Crippen molar-refractivity contribution in [3.63, 3.8) is 0 Å². The quantitative estimate of drug-likeness (QED) is 0.454. The average Bonchev–Trinajstić information content (AvgIpc) is 3.26. The van der Waals surface area contributed by atoms with Gasteiger partial charge in [-0.05, 0) is 29.8 Å². The average molecular weight is 388 g/mol. The Morgan fingerprint density at radius 1 is 0.931 bits per heavy atom. The Kier molecular flexibility index (Phi) is 4.85. The van der Waals surface area contributed by atoms with Crippen LogP contribution in [-0.2, 0) is 6.54 Å². The number of hydrazine groups is 1. The van der Waals surface area contributed by atoms with Crippen molar-refractivity contribution in [2.45, 2.75) is 6.54 Å². The smallest absolute Gasteiger partial charge is 0.268 e. The number of benzene rings is 2. The molecular formula is C20H16N6O3. The lowest BCUT2D eigenvalue weighted by Gasteiger charge is -2.09. The third kappa shape index (κ3) is 3.88. The molecule has 0 saturated carbocycles. The van der Waals surface area contributed by atoms with Gasteiger partial charge in [0.15, 0.2) is 5.69 Å². The molecule has 4 aromatic rings. The highest BCUT2D eigenvalue weighted by Crippen LogP contribution is 2.12. The molecule has 0 spiro atoms. The van der Waals surface area contributed by atoms with Crippen LogP contribution < -0.4 is 16.4 Å². The van der Waals surface area contributed by atoms with Gasteiger partial charge in [-0.25, -0.2) is 5.10 Å². The van der Waals surface area contributed by atoms with Crippen molar-refractivity contribution in [1.82, 2.24) is 30.8 Å². The van der Waals surface area contributed by atoms with Crippen LogP contribution in [0.2, 0.25) is 0 Å². The molecule has 4 rings (SSSR count). The second-order valence-electron chi connectivity index (χ2n) is 6.26. The van der Waals surface area contributed by atoms with Gasteiger partial charge in [-0.15, -0.1) is 0 Å². The van der Waals surface area contributed by atoms with Crippen LogP contribution >= 0.6 is 0 Å². The minimum atomic E-state index is -0.638. The number of H-pyrrole nitrogens is 1. The zero-order chi connectivity index (χ0) is 20.2. The van der Waals surface area contributed by atoms with Crippen molar-refractivity contribution in [2.24, 2.45) is 0 Å². The number of aromatic nitrogens is 4. The zero-order valence-corrected chi connectivity index (χ0v) is 15.1. The first-order chi connectivity index (χ1) is 14.1. The van der Waals surface area contributed by atoms with Gasteiger partial charge in [-0.1, -0.05) is 30.3 Å². The maximum absolute atomic E-state index is 12.4. The van der Waals surface area contributed by atoms with E-state index in [1.807, 2.05) is 24.4 Å². The molecule has 2 heterocycles. The molecule has 9 heteroatoms. The molecule has 0 aliphatic carbocycles. The molecule has 2 aromatic heterocycles. The molecule has 0 bridgehead atoms. The van der Waals surface area contributed by atoms with Gasteiger partial charge in [0, 0.05) is 23.3 Å². The first-order valence-electron chi connectivity index (χ1n) is 8.76. The van der Waals surface area contributed by atoms with E-state index in [0.29, 0.717) is 22.9 Å². The Morgan fingerprint density at radius 2 is 1.66 bits per heavy atom. The van der Waals surface area contributed by atoms with Crippen LogP contribution in [0.25, 0.3) is 10.8 Å². The third-order valence-electron chi connectivity index (χ3n) is 4.32. The number of aromatic amines is 1. The second-order valence-corrected chi connectivity index (χ2v) is 6.26. The van der Waals surface area contributed by atoms with Crippen molar-refractivity contribution in [3.8, 4) is 0 Å². The molecule has 0 atom stereocenters. The van der Waals surface area contributed by atoms with Crippen molar-refractivity contribution in [1.29, 1.82) is 0 Å². The molecule has 0 radical (unpaired) electrons. The normalized spacial score (nSPS) is 10.6. The van der Waals surface area contributed by atoms with Crippen molar-refractivity contribution < 1.29 is 9.59 Å². The predicted molar refractivity (Wildman–Crippen MR) is 105 cm³/mol. The molecular weight excluding hydrogens is 372 g/mol. The Labute approximate surface area is 164 Å². The number of hydrogen-bond donors (Lipinski definition) is 3. The van der Waals surface area contributed by atoms with E-state index in [9.17, 15) is 14.4 Å². The maximum atomic E-state index is 12.4. The number of hydrogen-bond acceptors (Lipinski definition) is 5. The Morgan fingerprint density at radius 3 is 2.38 bits per heavy atom. The van der Waals surface area contributed by atoms with Gasteiger partial charge in [-0.2, -0.15) is 10.2 Å². The summed E-state index contributed by atoms with van der Waals surface area (Å²) >= 11 is 0. The molecule has 144 valence electrons. The molecule has 0 aliphatic heterocycles. The Balaban J connectivity index is 1.42. The summed E-state index contributed by atoms with van der Waals surface area (Å²) in [7, 11) is 0. The summed E-state index contributed by atoms with van der Waals surface area (Å²) in [6.45, 7) is 0.594. The first kappa shape index (κ1) is 18.1. The highest BCUT2D eigenvalue weighted by atomic mass is 16.2. The summed E-state index contributed by atoms with van der Waals surface area (Å²) in [6.07, 6.45) is 3.55. The molecule has 0 aliphatic rings. The summed E-state index contributed by atoms with van der Waals surface area (Å²) in [5.41, 5.74) is 5.66. The van der Waals surface area contributed by atoms with Crippen LogP contribution in [0.1, 0.15) is 26.4 Å². The number of rotatable bonds is 4. The molecule has 2 amide bonds. The number of nitrogens with one attached hydrogen (secondary N) is 3. The highest BCUT2D eigenvalue weighted by Gasteiger charge is 2.15. The van der Waals surface area contributed by atoms with Crippen LogP contribution in [0.3, 0.4) is 0 Å². The zero-order valence-electron chi connectivity index (χ0n) is 15.1. The number of nitrogens with zero attached hydrogens (tertiary/aromatic N) is 3. The summed E-state index contributed by atoms with van der Waals surface area (Å²) in [4.78, 5) is 36.5. The Hall–Kier alpha value is -4.27. The second kappa shape index (κ2) is 7.77. The lowest BCUT2D eigenvalue weighted by Crippen LogP contribution is -2.42. The van der Waals surface area contributed by atoms with E-state index < -0.39 is 17.4 Å². The van der Waals surface area contributed by atoms with Crippen LogP contribution in [-0.4, -0.2) is 31.8 Å².